The van der Waals surface area contributed by atoms with Crippen LogP contribution >= 0.6 is 15.9 Å². The van der Waals surface area contributed by atoms with Gasteiger partial charge in [-0.15, -0.1) is 0 Å². The van der Waals surface area contributed by atoms with Gasteiger partial charge in [0.2, 0.25) is 0 Å². The third kappa shape index (κ3) is 3.49. The van der Waals surface area contributed by atoms with Crippen molar-refractivity contribution in [3.63, 3.8) is 0 Å². The van der Waals surface area contributed by atoms with Crippen LogP contribution in [0.25, 0.3) is 10.9 Å². The zero-order valence-electron chi connectivity index (χ0n) is 13.5. The highest BCUT2D eigenvalue weighted by atomic mass is 79.9. The maximum absolute atomic E-state index is 12.1. The molecule has 24 heavy (non-hydrogen) atoms. The minimum Gasteiger partial charge on any atom is -0.496 e. The number of nitrogens with zero attached hydrogens (tertiary/aromatic N) is 1. The summed E-state index contributed by atoms with van der Waals surface area (Å²) in [5, 5.41) is 3.98. The normalized spacial score (nSPS) is 12.3. The molecule has 0 aliphatic rings. The Morgan fingerprint density at radius 3 is 2.83 bits per heavy atom. The van der Waals surface area contributed by atoms with Crippen molar-refractivity contribution >= 4 is 26.8 Å². The van der Waals surface area contributed by atoms with Crippen molar-refractivity contribution in [1.29, 1.82) is 0 Å². The first-order valence-corrected chi connectivity index (χ1v) is 8.42. The standard InChI is InChI=1S/C18H18BrN3O2/c1-11(12-7-8-16(24-2)14(19)9-12)20-10-17-21-15-6-4-3-5-13(15)18(23)22-17/h3-9,11,20H,10H2,1-2H3,(H,21,22,23)/t11-/m0/s1. The number of aromatic nitrogens is 2. The molecule has 5 nitrogen and oxygen atoms in total. The van der Waals surface area contributed by atoms with Crippen LogP contribution in [0.3, 0.4) is 0 Å². The lowest BCUT2D eigenvalue weighted by atomic mass is 10.1. The van der Waals surface area contributed by atoms with Crippen LogP contribution in [0.5, 0.6) is 5.75 Å². The van der Waals surface area contributed by atoms with E-state index in [9.17, 15) is 4.79 Å². The molecular formula is C18H18BrN3O2. The molecule has 124 valence electrons. The second-order valence-electron chi connectivity index (χ2n) is 5.53. The largest absolute Gasteiger partial charge is 0.496 e. The summed E-state index contributed by atoms with van der Waals surface area (Å²) in [6, 6.07) is 13.4. The van der Waals surface area contributed by atoms with Gasteiger partial charge in [-0.05, 0) is 52.7 Å². The molecule has 0 amide bonds. The highest BCUT2D eigenvalue weighted by Crippen LogP contribution is 2.28. The van der Waals surface area contributed by atoms with E-state index in [0.29, 0.717) is 23.3 Å². The van der Waals surface area contributed by atoms with Crippen molar-refractivity contribution < 1.29 is 4.74 Å². The number of rotatable bonds is 5. The molecule has 0 bridgehead atoms. The Hall–Kier alpha value is -2.18. The quantitative estimate of drug-likeness (QED) is 0.702. The number of nitrogens with one attached hydrogen (secondary N) is 2. The van der Waals surface area contributed by atoms with Gasteiger partial charge in [-0.25, -0.2) is 4.98 Å². The van der Waals surface area contributed by atoms with E-state index in [1.165, 1.54) is 0 Å². The molecule has 6 heteroatoms. The molecule has 1 heterocycles. The third-order valence-corrected chi connectivity index (χ3v) is 4.53. The average Bonchev–Trinajstić information content (AvgIpc) is 2.59. The van der Waals surface area contributed by atoms with E-state index in [2.05, 4.69) is 38.1 Å². The molecule has 0 unspecified atom stereocenters. The van der Waals surface area contributed by atoms with Crippen LogP contribution in [0.1, 0.15) is 24.4 Å². The van der Waals surface area contributed by atoms with E-state index in [4.69, 9.17) is 4.74 Å². The van der Waals surface area contributed by atoms with Crippen molar-refractivity contribution in [3.05, 3.63) is 68.7 Å². The SMILES string of the molecule is COc1ccc([C@H](C)NCc2nc3ccccc3c(=O)[nH]2)cc1Br. The highest BCUT2D eigenvalue weighted by Gasteiger charge is 2.09. The summed E-state index contributed by atoms with van der Waals surface area (Å²) < 4.78 is 6.16. The molecule has 0 radical (unpaired) electrons. The van der Waals surface area contributed by atoms with Gasteiger partial charge in [0.15, 0.2) is 0 Å². The van der Waals surface area contributed by atoms with Crippen LogP contribution in [0.15, 0.2) is 51.7 Å². The maximum Gasteiger partial charge on any atom is 0.258 e. The Morgan fingerprint density at radius 1 is 1.29 bits per heavy atom. The average molecular weight is 388 g/mol. The topological polar surface area (TPSA) is 67.0 Å². The lowest BCUT2D eigenvalue weighted by molar-refractivity contribution is 0.411. The third-order valence-electron chi connectivity index (χ3n) is 3.91. The summed E-state index contributed by atoms with van der Waals surface area (Å²) in [6.45, 7) is 2.54. The number of hydrogen-bond acceptors (Lipinski definition) is 4. The summed E-state index contributed by atoms with van der Waals surface area (Å²) >= 11 is 3.50. The van der Waals surface area contributed by atoms with Crippen molar-refractivity contribution in [1.82, 2.24) is 15.3 Å². The molecule has 2 N–H and O–H groups in total. The molecule has 2 aromatic carbocycles. The summed E-state index contributed by atoms with van der Waals surface area (Å²) in [4.78, 5) is 19.4. The van der Waals surface area contributed by atoms with E-state index in [0.717, 1.165) is 15.8 Å². The predicted molar refractivity (Wildman–Crippen MR) is 98.3 cm³/mol. The van der Waals surface area contributed by atoms with Crippen LogP contribution in [-0.2, 0) is 6.54 Å². The van der Waals surface area contributed by atoms with Gasteiger partial charge in [-0.2, -0.15) is 0 Å². The fourth-order valence-corrected chi connectivity index (χ4v) is 3.10. The molecule has 0 saturated carbocycles. The number of H-pyrrole nitrogens is 1. The molecular weight excluding hydrogens is 370 g/mol. The second-order valence-corrected chi connectivity index (χ2v) is 6.38. The fourth-order valence-electron chi connectivity index (χ4n) is 2.54. The van der Waals surface area contributed by atoms with E-state index in [1.807, 2.05) is 36.4 Å². The highest BCUT2D eigenvalue weighted by molar-refractivity contribution is 9.10. The molecule has 0 saturated heterocycles. The Morgan fingerprint density at radius 2 is 2.08 bits per heavy atom. The minimum absolute atomic E-state index is 0.101. The summed E-state index contributed by atoms with van der Waals surface area (Å²) in [7, 11) is 1.64. The lowest BCUT2D eigenvalue weighted by Gasteiger charge is -2.15. The van der Waals surface area contributed by atoms with Crippen LogP contribution in [0.4, 0.5) is 0 Å². The second kappa shape index (κ2) is 7.15. The predicted octanol–water partition coefficient (Wildman–Crippen LogP) is 3.55. The van der Waals surface area contributed by atoms with Gasteiger partial charge in [-0.1, -0.05) is 18.2 Å². The van der Waals surface area contributed by atoms with Crippen molar-refractivity contribution in [2.45, 2.75) is 19.5 Å². The minimum atomic E-state index is -0.114. The van der Waals surface area contributed by atoms with Gasteiger partial charge < -0.3 is 15.0 Å². The van der Waals surface area contributed by atoms with Gasteiger partial charge in [0.25, 0.3) is 5.56 Å². The van der Waals surface area contributed by atoms with E-state index < -0.39 is 0 Å². The molecule has 0 fully saturated rings. The molecule has 1 atom stereocenters. The first-order valence-electron chi connectivity index (χ1n) is 7.63. The molecule has 0 aliphatic heterocycles. The van der Waals surface area contributed by atoms with Gasteiger partial charge in [-0.3, -0.25) is 4.79 Å². The number of fused-ring (bicyclic) bond motifs is 1. The molecule has 0 spiro atoms. The zero-order valence-corrected chi connectivity index (χ0v) is 15.1. The number of aromatic amines is 1. The van der Waals surface area contributed by atoms with Crippen molar-refractivity contribution in [3.8, 4) is 5.75 Å². The van der Waals surface area contributed by atoms with Crippen molar-refractivity contribution in [2.24, 2.45) is 0 Å². The Balaban J connectivity index is 1.75. The fraction of sp³-hybridized carbons (Fsp3) is 0.222. The van der Waals surface area contributed by atoms with Gasteiger partial charge in [0.05, 0.1) is 29.0 Å². The van der Waals surface area contributed by atoms with Crippen LogP contribution in [0.2, 0.25) is 0 Å². The lowest BCUT2D eigenvalue weighted by Crippen LogP contribution is -2.22. The Bertz CT molecular complexity index is 924. The zero-order chi connectivity index (χ0) is 17.1. The monoisotopic (exact) mass is 387 g/mol. The maximum atomic E-state index is 12.1. The van der Waals surface area contributed by atoms with E-state index >= 15 is 0 Å². The Labute approximate surface area is 148 Å². The molecule has 1 aromatic heterocycles. The number of benzene rings is 2. The number of ether oxygens (including phenoxy) is 1. The van der Waals surface area contributed by atoms with Gasteiger partial charge >= 0.3 is 0 Å². The number of para-hydroxylation sites is 1. The molecule has 0 aliphatic carbocycles. The van der Waals surface area contributed by atoms with E-state index in [-0.39, 0.29) is 11.6 Å². The molecule has 3 rings (SSSR count). The smallest absolute Gasteiger partial charge is 0.258 e. The van der Waals surface area contributed by atoms with Crippen molar-refractivity contribution in [2.75, 3.05) is 7.11 Å². The van der Waals surface area contributed by atoms with Crippen LogP contribution in [0, 0.1) is 0 Å². The summed E-state index contributed by atoms with van der Waals surface area (Å²) in [6.07, 6.45) is 0. The number of hydrogen-bond donors (Lipinski definition) is 2. The van der Waals surface area contributed by atoms with Gasteiger partial charge in [0, 0.05) is 6.04 Å². The first kappa shape index (κ1) is 16.7. The number of methoxy groups -OCH3 is 1. The van der Waals surface area contributed by atoms with E-state index in [1.54, 1.807) is 13.2 Å². The first-order chi connectivity index (χ1) is 11.6. The molecule has 3 aromatic rings. The van der Waals surface area contributed by atoms with Crippen LogP contribution < -0.4 is 15.6 Å². The summed E-state index contributed by atoms with van der Waals surface area (Å²) in [5.41, 5.74) is 1.71. The van der Waals surface area contributed by atoms with Crippen LogP contribution in [-0.4, -0.2) is 17.1 Å². The van der Waals surface area contributed by atoms with Gasteiger partial charge in [0.1, 0.15) is 11.6 Å². The Kier molecular flexibility index (Phi) is 4.97. The number of halogens is 1. The summed E-state index contributed by atoms with van der Waals surface area (Å²) in [5.74, 6) is 1.42.